The van der Waals surface area contributed by atoms with Crippen LogP contribution in [0, 0.1) is 0 Å². The van der Waals surface area contributed by atoms with Crippen molar-refractivity contribution in [1.82, 2.24) is 0 Å². The Kier molecular flexibility index (Phi) is 7.81. The van der Waals surface area contributed by atoms with E-state index in [2.05, 4.69) is 31.2 Å². The Hall–Kier alpha value is -1.83. The molecule has 2 rings (SSSR count). The van der Waals surface area contributed by atoms with E-state index < -0.39 is 0 Å². The fraction of sp³-hybridized carbons (Fsp3) is 0.286. The van der Waals surface area contributed by atoms with Crippen molar-refractivity contribution in [3.8, 4) is 0 Å². The van der Waals surface area contributed by atoms with Crippen LogP contribution < -0.4 is 4.46 Å². The summed E-state index contributed by atoms with van der Waals surface area (Å²) >= 11 is -0.0631. The van der Waals surface area contributed by atoms with Crippen LogP contribution in [0.15, 0.2) is 65.1 Å². The van der Waals surface area contributed by atoms with Gasteiger partial charge in [0.1, 0.15) is 0 Å². The van der Waals surface area contributed by atoms with Gasteiger partial charge in [-0.2, -0.15) is 0 Å². The zero-order valence-electron chi connectivity index (χ0n) is 14.3. The Morgan fingerprint density at radius 1 is 0.958 bits per heavy atom. The first kappa shape index (κ1) is 18.5. The maximum atomic E-state index is 12.7. The molecule has 0 saturated heterocycles. The van der Waals surface area contributed by atoms with E-state index in [9.17, 15) is 4.79 Å². The van der Waals surface area contributed by atoms with Crippen molar-refractivity contribution in [2.24, 2.45) is 0 Å². The zero-order valence-corrected chi connectivity index (χ0v) is 16.0. The Balaban J connectivity index is 2.47. The van der Waals surface area contributed by atoms with Crippen molar-refractivity contribution in [2.75, 3.05) is 6.61 Å². The van der Waals surface area contributed by atoms with E-state index in [-0.39, 0.29) is 20.9 Å². The number of allylic oxidation sites excluding steroid dienone is 1. The predicted molar refractivity (Wildman–Crippen MR) is 101 cm³/mol. The molecule has 0 bridgehead atoms. The van der Waals surface area contributed by atoms with E-state index in [0.29, 0.717) is 6.61 Å². The summed E-state index contributed by atoms with van der Waals surface area (Å²) in [5.41, 5.74) is 2.27. The van der Waals surface area contributed by atoms with Crippen LogP contribution in [-0.4, -0.2) is 27.5 Å². The summed E-state index contributed by atoms with van der Waals surface area (Å²) in [4.78, 5) is 12.7. The Morgan fingerprint density at radius 2 is 1.58 bits per heavy atom. The topological polar surface area (TPSA) is 26.3 Å². The van der Waals surface area contributed by atoms with Crippen LogP contribution in [0.3, 0.4) is 0 Å². The van der Waals surface area contributed by atoms with Crippen LogP contribution in [0.1, 0.15) is 38.7 Å². The number of carbonyl (C=O) groups is 1. The summed E-state index contributed by atoms with van der Waals surface area (Å²) in [6.45, 7) is 4.44. The van der Waals surface area contributed by atoms with Crippen molar-refractivity contribution in [2.45, 2.75) is 33.1 Å². The van der Waals surface area contributed by atoms with Gasteiger partial charge in [-0.25, -0.2) is 0 Å². The predicted octanol–water partition coefficient (Wildman–Crippen LogP) is 4.18. The van der Waals surface area contributed by atoms with Crippen LogP contribution in [0.25, 0.3) is 5.57 Å². The summed E-state index contributed by atoms with van der Waals surface area (Å²) < 4.78 is 7.41. The quantitative estimate of drug-likeness (QED) is 0.386. The molecule has 0 unspecified atom stereocenters. The average molecular weight is 387 g/mol. The molecule has 0 aliphatic heterocycles. The van der Waals surface area contributed by atoms with Crippen LogP contribution >= 0.6 is 0 Å². The summed E-state index contributed by atoms with van der Waals surface area (Å²) in [5.74, 6) is -0.170. The summed E-state index contributed by atoms with van der Waals surface area (Å²) in [7, 11) is 0. The number of hydrogen-bond donors (Lipinski definition) is 0. The van der Waals surface area contributed by atoms with E-state index in [1.54, 1.807) is 0 Å². The van der Waals surface area contributed by atoms with Gasteiger partial charge in [-0.3, -0.25) is 0 Å². The molecule has 0 amide bonds. The Morgan fingerprint density at radius 3 is 2.17 bits per heavy atom. The van der Waals surface area contributed by atoms with Gasteiger partial charge in [0, 0.05) is 0 Å². The second-order valence-electron chi connectivity index (χ2n) is 5.41. The minimum atomic E-state index is -0.170. The number of benzene rings is 2. The van der Waals surface area contributed by atoms with Gasteiger partial charge in [-0.1, -0.05) is 0 Å². The van der Waals surface area contributed by atoms with Crippen molar-refractivity contribution in [1.29, 1.82) is 0 Å². The monoisotopic (exact) mass is 388 g/mol. The molecule has 0 radical (unpaired) electrons. The van der Waals surface area contributed by atoms with Gasteiger partial charge in [-0.05, 0) is 0 Å². The number of carbonyl (C=O) groups excluding carboxylic acids is 1. The van der Waals surface area contributed by atoms with E-state index in [0.717, 1.165) is 34.9 Å². The SMILES string of the molecule is CCCC/C(=C(/[Se]c1ccccc1)C(=O)OCC)c1ccccc1. The van der Waals surface area contributed by atoms with Gasteiger partial charge in [0.15, 0.2) is 0 Å². The molecule has 0 aliphatic rings. The van der Waals surface area contributed by atoms with Gasteiger partial charge >= 0.3 is 151 Å². The Labute approximate surface area is 151 Å². The number of hydrogen-bond acceptors (Lipinski definition) is 2. The fourth-order valence-corrected chi connectivity index (χ4v) is 4.54. The Bertz CT molecular complexity index is 663. The van der Waals surface area contributed by atoms with Crippen LogP contribution in [-0.2, 0) is 9.53 Å². The molecule has 2 nitrogen and oxygen atoms in total. The summed E-state index contributed by atoms with van der Waals surface area (Å²) in [6, 6.07) is 20.5. The van der Waals surface area contributed by atoms with Crippen molar-refractivity contribution in [3.05, 3.63) is 70.7 Å². The second kappa shape index (κ2) is 10.1. The molecule has 0 aliphatic carbocycles. The second-order valence-corrected chi connectivity index (χ2v) is 7.69. The van der Waals surface area contributed by atoms with Gasteiger partial charge in [0.2, 0.25) is 0 Å². The number of unbranched alkanes of at least 4 members (excludes halogenated alkanes) is 1. The molecular formula is C21H24O2Se. The molecule has 0 fully saturated rings. The zero-order chi connectivity index (χ0) is 17.2. The van der Waals surface area contributed by atoms with E-state index in [1.807, 2.05) is 43.3 Å². The number of esters is 1. The number of ether oxygens (including phenoxy) is 1. The molecule has 0 atom stereocenters. The molecule has 0 spiro atoms. The number of rotatable bonds is 8. The van der Waals surface area contributed by atoms with Crippen molar-refractivity contribution < 1.29 is 9.53 Å². The van der Waals surface area contributed by atoms with Crippen LogP contribution in [0.5, 0.6) is 0 Å². The molecule has 3 heteroatoms. The van der Waals surface area contributed by atoms with Crippen molar-refractivity contribution in [3.63, 3.8) is 0 Å². The van der Waals surface area contributed by atoms with Crippen LogP contribution in [0.2, 0.25) is 0 Å². The molecular weight excluding hydrogens is 363 g/mol. The normalized spacial score (nSPS) is 11.8. The van der Waals surface area contributed by atoms with E-state index in [1.165, 1.54) is 4.46 Å². The molecule has 24 heavy (non-hydrogen) atoms. The van der Waals surface area contributed by atoms with Crippen LogP contribution in [0.4, 0.5) is 0 Å². The van der Waals surface area contributed by atoms with E-state index >= 15 is 0 Å². The third-order valence-corrected chi connectivity index (χ3v) is 5.96. The molecule has 2 aromatic rings. The molecule has 0 N–H and O–H groups in total. The van der Waals surface area contributed by atoms with Gasteiger partial charge in [0.25, 0.3) is 0 Å². The van der Waals surface area contributed by atoms with Crippen molar-refractivity contribution >= 4 is 31.0 Å². The van der Waals surface area contributed by atoms with Gasteiger partial charge in [0.05, 0.1) is 0 Å². The first-order valence-electron chi connectivity index (χ1n) is 8.44. The third kappa shape index (κ3) is 5.36. The molecule has 126 valence electrons. The van der Waals surface area contributed by atoms with E-state index in [4.69, 9.17) is 4.74 Å². The molecule has 0 saturated carbocycles. The standard InChI is InChI=1S/C21H24O2Se/c1-3-5-16-19(17-12-8-6-9-13-17)20(21(22)23-4-2)24-18-14-10-7-11-15-18/h6-15H,3-5,16H2,1-2H3/b20-19-. The molecule has 0 heterocycles. The minimum absolute atomic E-state index is 0.0631. The van der Waals surface area contributed by atoms with Gasteiger partial charge in [-0.15, -0.1) is 0 Å². The molecule has 2 aromatic carbocycles. The third-order valence-electron chi connectivity index (χ3n) is 3.60. The first-order valence-corrected chi connectivity index (χ1v) is 10.2. The fourth-order valence-electron chi connectivity index (χ4n) is 2.41. The summed E-state index contributed by atoms with van der Waals surface area (Å²) in [6.07, 6.45) is 3.08. The first-order chi connectivity index (χ1) is 11.8. The molecule has 0 aromatic heterocycles. The maximum absolute atomic E-state index is 12.7. The van der Waals surface area contributed by atoms with Gasteiger partial charge < -0.3 is 0 Å². The summed E-state index contributed by atoms with van der Waals surface area (Å²) in [5, 5.41) is 0. The average Bonchev–Trinajstić information content (AvgIpc) is 2.63.